The zero-order valence-electron chi connectivity index (χ0n) is 29.6. The van der Waals surface area contributed by atoms with Crippen molar-refractivity contribution in [2.24, 2.45) is 5.73 Å². The number of carbonyl (C=O) groups excluding carboxylic acids is 2. The van der Waals surface area contributed by atoms with Crippen molar-refractivity contribution < 1.29 is 47.5 Å². The first kappa shape index (κ1) is 45.5. The molecule has 0 aliphatic heterocycles. The maximum atomic E-state index is 12.5. The minimum absolute atomic E-state index is 0.167. The summed E-state index contributed by atoms with van der Waals surface area (Å²) in [7, 11) is -4.70. The van der Waals surface area contributed by atoms with Gasteiger partial charge in [0, 0.05) is 12.8 Å². The maximum Gasteiger partial charge on any atom is 0.472 e. The van der Waals surface area contributed by atoms with Crippen molar-refractivity contribution in [2.45, 2.75) is 187 Å². The Kier molecular flexibility index (Phi) is 30.7. The Morgan fingerprint density at radius 2 is 0.936 bits per heavy atom. The van der Waals surface area contributed by atoms with Crippen molar-refractivity contribution in [1.29, 1.82) is 0 Å². The van der Waals surface area contributed by atoms with E-state index in [1.54, 1.807) is 0 Å². The van der Waals surface area contributed by atoms with Crippen LogP contribution in [-0.4, -0.2) is 59.9 Å². The normalized spacial score (nSPS) is 14.0. The van der Waals surface area contributed by atoms with Gasteiger partial charge >= 0.3 is 25.7 Å². The molecule has 0 radical (unpaired) electrons. The molecule has 47 heavy (non-hydrogen) atoms. The number of hydrogen-bond acceptors (Lipinski definition) is 9. The lowest BCUT2D eigenvalue weighted by atomic mass is 10.0. The van der Waals surface area contributed by atoms with E-state index in [1.165, 1.54) is 96.3 Å². The molecule has 12 heteroatoms. The summed E-state index contributed by atoms with van der Waals surface area (Å²) in [6.07, 6.45) is 26.1. The van der Waals surface area contributed by atoms with Crippen molar-refractivity contribution in [1.82, 2.24) is 0 Å². The molecule has 4 N–H and O–H groups in total. The predicted octanol–water partition coefficient (Wildman–Crippen LogP) is 8.78. The van der Waals surface area contributed by atoms with E-state index >= 15 is 0 Å². The third kappa shape index (κ3) is 31.5. The Morgan fingerprint density at radius 1 is 0.574 bits per heavy atom. The van der Waals surface area contributed by atoms with Gasteiger partial charge in [-0.2, -0.15) is 0 Å². The van der Waals surface area contributed by atoms with Crippen LogP contribution in [0.2, 0.25) is 0 Å². The fraction of sp³-hybridized carbons (Fsp3) is 0.914. The van der Waals surface area contributed by atoms with Gasteiger partial charge in [-0.05, 0) is 12.8 Å². The second-order valence-corrected chi connectivity index (χ2v) is 14.2. The first-order valence-corrected chi connectivity index (χ1v) is 20.1. The summed E-state index contributed by atoms with van der Waals surface area (Å²) in [5.41, 5.74) is 5.30. The number of carboxylic acids is 1. The number of nitrogens with two attached hydrogens (primary N) is 1. The average molecular weight is 694 g/mol. The van der Waals surface area contributed by atoms with Crippen molar-refractivity contribution in [3.8, 4) is 0 Å². The molecule has 0 saturated heterocycles. The number of esters is 2. The van der Waals surface area contributed by atoms with Gasteiger partial charge in [-0.3, -0.25) is 23.4 Å². The Labute approximate surface area is 285 Å². The molecule has 11 nitrogen and oxygen atoms in total. The van der Waals surface area contributed by atoms with Crippen LogP contribution >= 0.6 is 7.82 Å². The second-order valence-electron chi connectivity index (χ2n) is 12.7. The molecular weight excluding hydrogens is 625 g/mol. The van der Waals surface area contributed by atoms with Crippen molar-refractivity contribution in [2.75, 3.05) is 19.8 Å². The molecule has 0 aliphatic rings. The van der Waals surface area contributed by atoms with Gasteiger partial charge in [0.2, 0.25) is 0 Å². The minimum atomic E-state index is -4.70. The van der Waals surface area contributed by atoms with Crippen LogP contribution in [0, 0.1) is 0 Å². The molecule has 0 aromatic rings. The van der Waals surface area contributed by atoms with Crippen LogP contribution in [0.25, 0.3) is 0 Å². The maximum absolute atomic E-state index is 12.5. The van der Waals surface area contributed by atoms with Crippen LogP contribution in [0.3, 0.4) is 0 Å². The van der Waals surface area contributed by atoms with E-state index in [-0.39, 0.29) is 19.4 Å². The van der Waals surface area contributed by atoms with Crippen molar-refractivity contribution in [3.05, 3.63) is 0 Å². The van der Waals surface area contributed by atoms with Crippen LogP contribution in [0.15, 0.2) is 0 Å². The van der Waals surface area contributed by atoms with E-state index in [4.69, 9.17) is 24.8 Å². The Bertz CT molecular complexity index is 828. The first-order chi connectivity index (χ1) is 22.6. The zero-order chi connectivity index (χ0) is 35.0. The molecule has 0 heterocycles. The number of carbonyl (C=O) groups is 3. The van der Waals surface area contributed by atoms with E-state index in [0.717, 1.165) is 38.5 Å². The lowest BCUT2D eigenvalue weighted by Crippen LogP contribution is -2.34. The van der Waals surface area contributed by atoms with Gasteiger partial charge < -0.3 is 25.2 Å². The van der Waals surface area contributed by atoms with Crippen molar-refractivity contribution >= 4 is 25.7 Å². The predicted molar refractivity (Wildman–Crippen MR) is 185 cm³/mol. The van der Waals surface area contributed by atoms with Crippen LogP contribution in [0.5, 0.6) is 0 Å². The fourth-order valence-corrected chi connectivity index (χ4v) is 5.90. The second kappa shape index (κ2) is 31.7. The first-order valence-electron chi connectivity index (χ1n) is 18.6. The van der Waals surface area contributed by atoms with E-state index in [9.17, 15) is 23.8 Å². The number of hydrogen-bond donors (Lipinski definition) is 3. The molecule has 0 aromatic carbocycles. The lowest BCUT2D eigenvalue weighted by molar-refractivity contribution is -0.161. The van der Waals surface area contributed by atoms with Gasteiger partial charge in [0.05, 0.1) is 13.2 Å². The largest absolute Gasteiger partial charge is 0.480 e. The average Bonchev–Trinajstić information content (AvgIpc) is 3.04. The number of ether oxygens (including phenoxy) is 2. The number of unbranched alkanes of at least 4 members (excludes halogenated alkanes) is 21. The van der Waals surface area contributed by atoms with Gasteiger partial charge in [-0.1, -0.05) is 149 Å². The van der Waals surface area contributed by atoms with Gasteiger partial charge in [0.25, 0.3) is 0 Å². The van der Waals surface area contributed by atoms with E-state index in [0.29, 0.717) is 12.8 Å². The summed E-state index contributed by atoms with van der Waals surface area (Å²) in [6, 6.07) is -1.51. The standard InChI is InChI=1S/C35H68NO10P/c1-3-5-7-9-11-13-15-16-17-19-20-22-24-26-33(37)43-28-31(29-44-47(41,42)45-30-32(36)35(39)40)46-34(38)27-25-23-21-18-14-12-10-8-6-4-2/h31-32H,3-30,36H2,1-2H3,(H,39,40)(H,41,42)/t31-,32+/m1/s1. The van der Waals surface area contributed by atoms with Gasteiger partial charge in [-0.25, -0.2) is 4.57 Å². The minimum Gasteiger partial charge on any atom is -0.480 e. The summed E-state index contributed by atoms with van der Waals surface area (Å²) < 4.78 is 32.5. The van der Waals surface area contributed by atoms with Gasteiger partial charge in [-0.15, -0.1) is 0 Å². The molecule has 0 amide bonds. The van der Waals surface area contributed by atoms with Crippen molar-refractivity contribution in [3.63, 3.8) is 0 Å². The molecule has 0 fully saturated rings. The van der Waals surface area contributed by atoms with Crippen LogP contribution in [0.4, 0.5) is 0 Å². The topological polar surface area (TPSA) is 172 Å². The summed E-state index contributed by atoms with van der Waals surface area (Å²) in [4.78, 5) is 45.6. The monoisotopic (exact) mass is 693 g/mol. The van der Waals surface area contributed by atoms with Crippen LogP contribution in [-0.2, 0) is 37.5 Å². The summed E-state index contributed by atoms with van der Waals surface area (Å²) in [5, 5.41) is 8.84. The highest BCUT2D eigenvalue weighted by atomic mass is 31.2. The molecular formula is C35H68NO10P. The number of phosphoric acid groups is 1. The third-order valence-electron chi connectivity index (χ3n) is 8.11. The van der Waals surface area contributed by atoms with Crippen LogP contribution < -0.4 is 5.73 Å². The lowest BCUT2D eigenvalue weighted by Gasteiger charge is -2.20. The number of aliphatic carboxylic acids is 1. The van der Waals surface area contributed by atoms with E-state index in [1.807, 2.05) is 0 Å². The molecule has 0 rings (SSSR count). The highest BCUT2D eigenvalue weighted by Crippen LogP contribution is 2.43. The number of carboxylic acid groups (broad SMARTS) is 1. The third-order valence-corrected chi connectivity index (χ3v) is 9.06. The van der Waals surface area contributed by atoms with Gasteiger partial charge in [0.15, 0.2) is 6.10 Å². The Balaban J connectivity index is 4.42. The molecule has 1 unspecified atom stereocenters. The highest BCUT2D eigenvalue weighted by molar-refractivity contribution is 7.47. The smallest absolute Gasteiger partial charge is 0.472 e. The van der Waals surface area contributed by atoms with E-state index in [2.05, 4.69) is 18.4 Å². The molecule has 278 valence electrons. The summed E-state index contributed by atoms with van der Waals surface area (Å²) in [6.45, 7) is 2.77. The zero-order valence-corrected chi connectivity index (χ0v) is 30.5. The van der Waals surface area contributed by atoms with Gasteiger partial charge in [0.1, 0.15) is 12.6 Å². The SMILES string of the molecule is CCCCCCCCCCCCCCCC(=O)OC[C@H](COP(=O)(O)OC[C@H](N)C(=O)O)OC(=O)CCCCCCCCCCCC. The molecule has 0 aliphatic carbocycles. The van der Waals surface area contributed by atoms with Crippen LogP contribution in [0.1, 0.15) is 174 Å². The number of rotatable bonds is 35. The molecule has 0 saturated carbocycles. The Hall–Kier alpha value is -1.52. The fourth-order valence-electron chi connectivity index (χ4n) is 5.12. The quantitative estimate of drug-likeness (QED) is 0.0329. The molecule has 0 bridgehead atoms. The molecule has 0 aromatic heterocycles. The molecule has 3 atom stereocenters. The molecule has 0 spiro atoms. The summed E-state index contributed by atoms with van der Waals surface area (Å²) >= 11 is 0. The highest BCUT2D eigenvalue weighted by Gasteiger charge is 2.28. The number of phosphoric ester groups is 1. The van der Waals surface area contributed by atoms with E-state index < -0.39 is 51.1 Å². The summed E-state index contributed by atoms with van der Waals surface area (Å²) in [5.74, 6) is -2.37. The Morgan fingerprint density at radius 3 is 1.34 bits per heavy atom.